The molecule has 1 saturated heterocycles. The average Bonchev–Trinajstić information content (AvgIpc) is 2.99. The second-order valence-corrected chi connectivity index (χ2v) is 6.04. The molecule has 6 heteroatoms. The standard InChI is InChI=1S/C17H17ClFN3O/c18-15-4-3-14(9-16(15)19)22-7-5-13(11-22)21-17(23)8-12-2-1-6-20-10-12/h1-4,6,9-10,13H,5,7-8,11H2,(H,21,23). The molecule has 1 aliphatic rings. The summed E-state index contributed by atoms with van der Waals surface area (Å²) < 4.78 is 13.5. The van der Waals surface area contributed by atoms with Gasteiger partial charge in [-0.2, -0.15) is 0 Å². The smallest absolute Gasteiger partial charge is 0.224 e. The van der Waals surface area contributed by atoms with Crippen LogP contribution >= 0.6 is 11.6 Å². The molecule has 0 radical (unpaired) electrons. The fourth-order valence-corrected chi connectivity index (χ4v) is 2.88. The maximum absolute atomic E-state index is 13.5. The van der Waals surface area contributed by atoms with Crippen LogP contribution in [0.1, 0.15) is 12.0 Å². The Morgan fingerprint density at radius 1 is 1.43 bits per heavy atom. The third-order valence-electron chi connectivity index (χ3n) is 3.91. The van der Waals surface area contributed by atoms with E-state index in [1.807, 2.05) is 12.1 Å². The van der Waals surface area contributed by atoms with Crippen molar-refractivity contribution in [2.75, 3.05) is 18.0 Å². The number of nitrogens with one attached hydrogen (secondary N) is 1. The van der Waals surface area contributed by atoms with Crippen molar-refractivity contribution in [2.24, 2.45) is 0 Å². The first kappa shape index (κ1) is 15.7. The molecule has 23 heavy (non-hydrogen) atoms. The quantitative estimate of drug-likeness (QED) is 0.935. The Morgan fingerprint density at radius 2 is 2.30 bits per heavy atom. The van der Waals surface area contributed by atoms with Gasteiger partial charge in [0, 0.05) is 37.2 Å². The van der Waals surface area contributed by atoms with Crippen molar-refractivity contribution in [3.8, 4) is 0 Å². The molecule has 1 aromatic carbocycles. The van der Waals surface area contributed by atoms with E-state index in [0.717, 1.165) is 24.2 Å². The number of hydrogen-bond acceptors (Lipinski definition) is 3. The van der Waals surface area contributed by atoms with Gasteiger partial charge in [0.1, 0.15) is 5.82 Å². The van der Waals surface area contributed by atoms with Gasteiger partial charge in [0.2, 0.25) is 5.91 Å². The lowest BCUT2D eigenvalue weighted by molar-refractivity contribution is -0.121. The highest BCUT2D eigenvalue weighted by Gasteiger charge is 2.24. The normalized spacial score (nSPS) is 17.3. The summed E-state index contributed by atoms with van der Waals surface area (Å²) in [6.07, 6.45) is 4.53. The van der Waals surface area contributed by atoms with Gasteiger partial charge in [-0.15, -0.1) is 0 Å². The molecule has 1 unspecified atom stereocenters. The minimum absolute atomic E-state index is 0.0212. The van der Waals surface area contributed by atoms with Crippen LogP contribution in [0.5, 0.6) is 0 Å². The van der Waals surface area contributed by atoms with Gasteiger partial charge in [-0.05, 0) is 36.2 Å². The zero-order valence-electron chi connectivity index (χ0n) is 12.5. The number of hydrogen-bond donors (Lipinski definition) is 1. The van der Waals surface area contributed by atoms with Gasteiger partial charge >= 0.3 is 0 Å². The Kier molecular flexibility index (Phi) is 4.76. The number of benzene rings is 1. The second kappa shape index (κ2) is 6.96. The summed E-state index contributed by atoms with van der Waals surface area (Å²) in [4.78, 5) is 18.1. The minimum Gasteiger partial charge on any atom is -0.369 e. The zero-order chi connectivity index (χ0) is 16.2. The van der Waals surface area contributed by atoms with Crippen molar-refractivity contribution >= 4 is 23.2 Å². The number of anilines is 1. The monoisotopic (exact) mass is 333 g/mol. The van der Waals surface area contributed by atoms with Crippen LogP contribution in [0.15, 0.2) is 42.7 Å². The van der Waals surface area contributed by atoms with Crippen molar-refractivity contribution in [3.63, 3.8) is 0 Å². The molecule has 1 aliphatic heterocycles. The number of pyridine rings is 1. The Balaban J connectivity index is 1.55. The van der Waals surface area contributed by atoms with Crippen LogP contribution in [0.25, 0.3) is 0 Å². The van der Waals surface area contributed by atoms with E-state index in [-0.39, 0.29) is 17.0 Å². The molecular weight excluding hydrogens is 317 g/mol. The van der Waals surface area contributed by atoms with Crippen LogP contribution in [0, 0.1) is 5.82 Å². The Bertz CT molecular complexity index is 695. The first-order chi connectivity index (χ1) is 11.1. The lowest BCUT2D eigenvalue weighted by Crippen LogP contribution is -2.38. The summed E-state index contributed by atoms with van der Waals surface area (Å²) >= 11 is 5.71. The van der Waals surface area contributed by atoms with Crippen LogP contribution in [-0.2, 0) is 11.2 Å². The summed E-state index contributed by atoms with van der Waals surface area (Å²) in [5.74, 6) is -0.444. The van der Waals surface area contributed by atoms with E-state index in [4.69, 9.17) is 11.6 Å². The van der Waals surface area contributed by atoms with Crippen LogP contribution < -0.4 is 10.2 Å². The van der Waals surface area contributed by atoms with Crippen LogP contribution in [-0.4, -0.2) is 30.0 Å². The molecule has 0 bridgehead atoms. The molecule has 120 valence electrons. The Labute approximate surface area is 139 Å². The number of carbonyl (C=O) groups excluding carboxylic acids is 1. The number of rotatable bonds is 4. The predicted molar refractivity (Wildman–Crippen MR) is 88.1 cm³/mol. The van der Waals surface area contributed by atoms with Crippen molar-refractivity contribution in [1.29, 1.82) is 0 Å². The van der Waals surface area contributed by atoms with Gasteiger partial charge in [0.15, 0.2) is 0 Å². The molecule has 0 aliphatic carbocycles. The molecule has 1 N–H and O–H groups in total. The Hall–Kier alpha value is -2.14. The van der Waals surface area contributed by atoms with Crippen molar-refractivity contribution in [3.05, 3.63) is 59.1 Å². The molecule has 1 aromatic heterocycles. The van der Waals surface area contributed by atoms with Crippen molar-refractivity contribution in [1.82, 2.24) is 10.3 Å². The summed E-state index contributed by atoms with van der Waals surface area (Å²) in [6, 6.07) is 8.55. The van der Waals surface area contributed by atoms with E-state index < -0.39 is 5.82 Å². The van der Waals surface area contributed by atoms with Crippen LogP contribution in [0.3, 0.4) is 0 Å². The second-order valence-electron chi connectivity index (χ2n) is 5.64. The fraction of sp³-hybridized carbons (Fsp3) is 0.294. The number of aromatic nitrogens is 1. The lowest BCUT2D eigenvalue weighted by atomic mass is 10.2. The SMILES string of the molecule is O=C(Cc1cccnc1)NC1CCN(c2ccc(Cl)c(F)c2)C1. The first-order valence-corrected chi connectivity index (χ1v) is 7.88. The summed E-state index contributed by atoms with van der Waals surface area (Å²) in [5.41, 5.74) is 1.68. The van der Waals surface area contributed by atoms with Crippen molar-refractivity contribution in [2.45, 2.75) is 18.9 Å². The minimum atomic E-state index is -0.423. The summed E-state index contributed by atoms with van der Waals surface area (Å²) in [6.45, 7) is 1.44. The van der Waals surface area contributed by atoms with E-state index in [0.29, 0.717) is 13.0 Å². The molecule has 0 spiro atoms. The lowest BCUT2D eigenvalue weighted by Gasteiger charge is -2.19. The predicted octanol–water partition coefficient (Wildman–Crippen LogP) is 2.81. The van der Waals surface area contributed by atoms with Gasteiger partial charge in [-0.25, -0.2) is 4.39 Å². The van der Waals surface area contributed by atoms with Gasteiger partial charge < -0.3 is 10.2 Å². The third kappa shape index (κ3) is 3.99. The number of nitrogens with zero attached hydrogens (tertiary/aromatic N) is 2. The van der Waals surface area contributed by atoms with E-state index in [2.05, 4.69) is 15.2 Å². The summed E-state index contributed by atoms with van der Waals surface area (Å²) in [5, 5.41) is 3.14. The van der Waals surface area contributed by atoms with E-state index >= 15 is 0 Å². The number of amides is 1. The highest BCUT2D eigenvalue weighted by atomic mass is 35.5. The third-order valence-corrected chi connectivity index (χ3v) is 4.22. The molecule has 2 aromatic rings. The van der Waals surface area contributed by atoms with Gasteiger partial charge in [-0.1, -0.05) is 17.7 Å². The molecule has 1 amide bonds. The fourth-order valence-electron chi connectivity index (χ4n) is 2.76. The maximum atomic E-state index is 13.5. The number of halogens is 2. The molecule has 2 heterocycles. The van der Waals surface area contributed by atoms with Gasteiger partial charge in [0.25, 0.3) is 0 Å². The molecule has 3 rings (SSSR count). The molecule has 0 saturated carbocycles. The van der Waals surface area contributed by atoms with E-state index in [9.17, 15) is 9.18 Å². The maximum Gasteiger partial charge on any atom is 0.224 e. The van der Waals surface area contributed by atoms with E-state index in [1.165, 1.54) is 6.07 Å². The van der Waals surface area contributed by atoms with Crippen LogP contribution in [0.2, 0.25) is 5.02 Å². The van der Waals surface area contributed by atoms with E-state index in [1.54, 1.807) is 24.5 Å². The van der Waals surface area contributed by atoms with Gasteiger partial charge in [0.05, 0.1) is 11.4 Å². The molecule has 1 fully saturated rings. The average molecular weight is 334 g/mol. The topological polar surface area (TPSA) is 45.2 Å². The van der Waals surface area contributed by atoms with Crippen molar-refractivity contribution < 1.29 is 9.18 Å². The first-order valence-electron chi connectivity index (χ1n) is 7.50. The highest BCUT2D eigenvalue weighted by molar-refractivity contribution is 6.30. The zero-order valence-corrected chi connectivity index (χ0v) is 13.3. The number of carbonyl (C=O) groups is 1. The van der Waals surface area contributed by atoms with Gasteiger partial charge in [-0.3, -0.25) is 9.78 Å². The largest absolute Gasteiger partial charge is 0.369 e. The molecule has 4 nitrogen and oxygen atoms in total. The summed E-state index contributed by atoms with van der Waals surface area (Å²) in [7, 11) is 0. The molecular formula is C17H17ClFN3O. The highest BCUT2D eigenvalue weighted by Crippen LogP contribution is 2.25. The van der Waals surface area contributed by atoms with Crippen LogP contribution in [0.4, 0.5) is 10.1 Å². The Morgan fingerprint density at radius 3 is 3.04 bits per heavy atom. The molecule has 1 atom stereocenters.